The summed E-state index contributed by atoms with van der Waals surface area (Å²) in [6.45, 7) is 9.90. The minimum atomic E-state index is -1.08. The van der Waals surface area contributed by atoms with E-state index >= 15 is 0 Å². The minimum Gasteiger partial charge on any atom is -0.480 e. The third-order valence-corrected chi connectivity index (χ3v) is 2.93. The Bertz CT molecular complexity index is 506. The summed E-state index contributed by atoms with van der Waals surface area (Å²) in [5.74, 6) is -1.30. The summed E-state index contributed by atoms with van der Waals surface area (Å²) in [5, 5.41) is 15.9. The van der Waals surface area contributed by atoms with Crippen LogP contribution in [0.4, 0.5) is 0 Å². The van der Waals surface area contributed by atoms with Crippen molar-refractivity contribution in [1.29, 1.82) is 0 Å². The Hall–Kier alpha value is -2.11. The number of hydrogen-bond acceptors (Lipinski definition) is 3. The van der Waals surface area contributed by atoms with Crippen LogP contribution in [-0.2, 0) is 11.3 Å². The Morgan fingerprint density at radius 2 is 2.20 bits per heavy atom. The molecule has 1 atom stereocenters. The smallest absolute Gasteiger partial charge is 0.326 e. The first-order chi connectivity index (χ1) is 9.40. The number of carbonyl (C=O) groups excluding carboxylic acids is 1. The molecule has 0 aliphatic heterocycles. The molecular formula is C14H21N3O3. The molecule has 6 heteroatoms. The first-order valence-electron chi connectivity index (χ1n) is 6.63. The maximum absolute atomic E-state index is 12.2. The van der Waals surface area contributed by atoms with E-state index < -0.39 is 17.9 Å². The van der Waals surface area contributed by atoms with Crippen molar-refractivity contribution < 1.29 is 14.7 Å². The lowest BCUT2D eigenvalue weighted by molar-refractivity contribution is -0.139. The summed E-state index contributed by atoms with van der Waals surface area (Å²) in [4.78, 5) is 23.2. The lowest BCUT2D eigenvalue weighted by Crippen LogP contribution is -2.41. The van der Waals surface area contributed by atoms with Crippen molar-refractivity contribution in [2.24, 2.45) is 0 Å². The number of amides is 1. The molecule has 1 unspecified atom stereocenters. The molecule has 1 amide bonds. The molecule has 1 heterocycles. The van der Waals surface area contributed by atoms with E-state index in [0.717, 1.165) is 5.69 Å². The van der Waals surface area contributed by atoms with E-state index in [0.29, 0.717) is 12.2 Å². The number of rotatable bonds is 7. The van der Waals surface area contributed by atoms with E-state index in [2.05, 4.69) is 17.0 Å². The van der Waals surface area contributed by atoms with Crippen molar-refractivity contribution in [1.82, 2.24) is 15.1 Å². The van der Waals surface area contributed by atoms with Crippen LogP contribution in [0, 0.1) is 0 Å². The number of carbonyl (C=O) groups is 2. The molecule has 0 bridgehead atoms. The molecule has 0 radical (unpaired) electrons. The fourth-order valence-corrected chi connectivity index (χ4v) is 1.76. The van der Waals surface area contributed by atoms with Gasteiger partial charge in [0.1, 0.15) is 11.7 Å². The van der Waals surface area contributed by atoms with Gasteiger partial charge in [-0.25, -0.2) is 4.79 Å². The molecule has 0 saturated carbocycles. The number of carboxylic acids is 1. The summed E-state index contributed by atoms with van der Waals surface area (Å²) >= 11 is 0. The fraction of sp³-hybridized carbons (Fsp3) is 0.500. The Labute approximate surface area is 118 Å². The molecule has 0 aliphatic rings. The molecule has 0 fully saturated rings. The van der Waals surface area contributed by atoms with Crippen LogP contribution in [0.1, 0.15) is 49.3 Å². The molecule has 2 N–H and O–H groups in total. The quantitative estimate of drug-likeness (QED) is 0.745. The van der Waals surface area contributed by atoms with Gasteiger partial charge < -0.3 is 10.4 Å². The van der Waals surface area contributed by atoms with E-state index in [9.17, 15) is 9.59 Å². The second-order valence-corrected chi connectivity index (χ2v) is 4.81. The van der Waals surface area contributed by atoms with Gasteiger partial charge in [0, 0.05) is 6.54 Å². The number of aliphatic carboxylic acids is 1. The molecule has 110 valence electrons. The number of nitrogens with zero attached hydrogens (tertiary/aromatic N) is 2. The predicted octanol–water partition coefficient (Wildman–Crippen LogP) is 1.79. The van der Waals surface area contributed by atoms with E-state index in [1.807, 2.05) is 20.8 Å². The highest BCUT2D eigenvalue weighted by Gasteiger charge is 2.22. The van der Waals surface area contributed by atoms with Crippen molar-refractivity contribution in [3.63, 3.8) is 0 Å². The van der Waals surface area contributed by atoms with Crippen LogP contribution < -0.4 is 5.32 Å². The summed E-state index contributed by atoms with van der Waals surface area (Å²) < 4.78 is 1.58. The molecule has 1 rings (SSSR count). The SMILES string of the molecule is C=CCC(NC(=O)c1cc(C(C)C)nn1CC)C(=O)O. The second kappa shape index (κ2) is 6.88. The maximum Gasteiger partial charge on any atom is 0.326 e. The van der Waals surface area contributed by atoms with E-state index in [-0.39, 0.29) is 12.3 Å². The van der Waals surface area contributed by atoms with Crippen LogP contribution >= 0.6 is 0 Å². The van der Waals surface area contributed by atoms with Crippen LogP contribution in [0.15, 0.2) is 18.7 Å². The average Bonchev–Trinajstić information content (AvgIpc) is 2.82. The van der Waals surface area contributed by atoms with Crippen LogP contribution in [0.2, 0.25) is 0 Å². The lowest BCUT2D eigenvalue weighted by atomic mass is 10.1. The fourth-order valence-electron chi connectivity index (χ4n) is 1.76. The molecule has 0 saturated heterocycles. The zero-order chi connectivity index (χ0) is 15.3. The Morgan fingerprint density at radius 1 is 1.55 bits per heavy atom. The highest BCUT2D eigenvalue weighted by Crippen LogP contribution is 2.14. The van der Waals surface area contributed by atoms with Gasteiger partial charge in [0.25, 0.3) is 5.91 Å². The summed E-state index contributed by atoms with van der Waals surface area (Å²) in [6, 6.07) is 0.735. The van der Waals surface area contributed by atoms with Gasteiger partial charge in [-0.1, -0.05) is 19.9 Å². The van der Waals surface area contributed by atoms with Crippen molar-refractivity contribution in [2.75, 3.05) is 0 Å². The van der Waals surface area contributed by atoms with Crippen LogP contribution in [0.5, 0.6) is 0 Å². The van der Waals surface area contributed by atoms with Crippen molar-refractivity contribution in [2.45, 2.75) is 45.7 Å². The van der Waals surface area contributed by atoms with Gasteiger partial charge in [0.05, 0.1) is 5.69 Å². The van der Waals surface area contributed by atoms with Gasteiger partial charge in [0.2, 0.25) is 0 Å². The first kappa shape index (κ1) is 15.9. The van der Waals surface area contributed by atoms with E-state index in [1.165, 1.54) is 6.08 Å². The Kier molecular flexibility index (Phi) is 5.49. The number of aryl methyl sites for hydroxylation is 1. The normalized spacial score (nSPS) is 12.2. The maximum atomic E-state index is 12.2. The van der Waals surface area contributed by atoms with E-state index in [1.54, 1.807) is 10.7 Å². The minimum absolute atomic E-state index is 0.179. The van der Waals surface area contributed by atoms with Gasteiger partial charge in [-0.2, -0.15) is 5.10 Å². The van der Waals surface area contributed by atoms with Gasteiger partial charge in [-0.3, -0.25) is 9.48 Å². The lowest BCUT2D eigenvalue weighted by Gasteiger charge is -2.12. The zero-order valence-electron chi connectivity index (χ0n) is 12.1. The van der Waals surface area contributed by atoms with Crippen molar-refractivity contribution >= 4 is 11.9 Å². The number of nitrogens with one attached hydrogen (secondary N) is 1. The Morgan fingerprint density at radius 3 is 2.65 bits per heavy atom. The molecule has 1 aromatic heterocycles. The third kappa shape index (κ3) is 3.69. The first-order valence-corrected chi connectivity index (χ1v) is 6.63. The highest BCUT2D eigenvalue weighted by molar-refractivity contribution is 5.95. The zero-order valence-corrected chi connectivity index (χ0v) is 12.1. The number of carboxylic acid groups (broad SMARTS) is 1. The standard InChI is InChI=1S/C14H21N3O3/c1-5-7-10(14(19)20)15-13(18)12-8-11(9(3)4)16-17(12)6-2/h5,8-10H,1,6-7H2,2-4H3,(H,15,18)(H,19,20). The van der Waals surface area contributed by atoms with Gasteiger partial charge in [0.15, 0.2) is 0 Å². The van der Waals surface area contributed by atoms with Gasteiger partial charge in [-0.15, -0.1) is 6.58 Å². The summed E-state index contributed by atoms with van der Waals surface area (Å²) in [6.07, 6.45) is 1.65. The largest absolute Gasteiger partial charge is 0.480 e. The number of aromatic nitrogens is 2. The predicted molar refractivity (Wildman–Crippen MR) is 75.7 cm³/mol. The number of hydrogen-bond donors (Lipinski definition) is 2. The van der Waals surface area contributed by atoms with Crippen LogP contribution in [0.3, 0.4) is 0 Å². The second-order valence-electron chi connectivity index (χ2n) is 4.81. The van der Waals surface area contributed by atoms with Crippen LogP contribution in [-0.4, -0.2) is 32.8 Å². The van der Waals surface area contributed by atoms with Crippen molar-refractivity contribution in [3.8, 4) is 0 Å². The topological polar surface area (TPSA) is 84.2 Å². The third-order valence-electron chi connectivity index (χ3n) is 2.93. The summed E-state index contributed by atoms with van der Waals surface area (Å²) in [7, 11) is 0. The molecule has 0 aliphatic carbocycles. The van der Waals surface area contributed by atoms with Gasteiger partial charge >= 0.3 is 5.97 Å². The molecule has 0 aromatic carbocycles. The molecule has 6 nitrogen and oxygen atoms in total. The Balaban J connectivity index is 2.96. The molecule has 1 aromatic rings. The van der Waals surface area contributed by atoms with Crippen molar-refractivity contribution in [3.05, 3.63) is 30.1 Å². The highest BCUT2D eigenvalue weighted by atomic mass is 16.4. The van der Waals surface area contributed by atoms with Crippen LogP contribution in [0.25, 0.3) is 0 Å². The molecular weight excluding hydrogens is 258 g/mol. The average molecular weight is 279 g/mol. The molecule has 20 heavy (non-hydrogen) atoms. The monoisotopic (exact) mass is 279 g/mol. The summed E-state index contributed by atoms with van der Waals surface area (Å²) in [5.41, 5.74) is 1.19. The molecule has 0 spiro atoms. The van der Waals surface area contributed by atoms with Gasteiger partial charge in [-0.05, 0) is 25.3 Å². The van der Waals surface area contributed by atoms with E-state index in [4.69, 9.17) is 5.11 Å².